The zero-order chi connectivity index (χ0) is 27.4. The van der Waals surface area contributed by atoms with E-state index in [0.29, 0.717) is 11.1 Å². The van der Waals surface area contributed by atoms with E-state index < -0.39 is 17.6 Å². The molecule has 39 heavy (non-hydrogen) atoms. The molecule has 1 aliphatic rings. The van der Waals surface area contributed by atoms with Crippen molar-refractivity contribution in [1.29, 1.82) is 0 Å². The van der Waals surface area contributed by atoms with Gasteiger partial charge in [0.25, 0.3) is 5.91 Å². The molecule has 1 amide bonds. The molecule has 0 aliphatic heterocycles. The number of fused-ring (bicyclic) bond motifs is 1. The summed E-state index contributed by atoms with van der Waals surface area (Å²) in [5.74, 6) is 5.77. The Kier molecular flexibility index (Phi) is 7.67. The monoisotopic (exact) mass is 527 g/mol. The van der Waals surface area contributed by atoms with Gasteiger partial charge in [-0.3, -0.25) is 9.78 Å². The summed E-state index contributed by atoms with van der Waals surface area (Å²) in [5.41, 5.74) is 2.12. The van der Waals surface area contributed by atoms with Gasteiger partial charge in [-0.25, -0.2) is 0 Å². The van der Waals surface area contributed by atoms with Crippen LogP contribution in [0.5, 0.6) is 0 Å². The van der Waals surface area contributed by atoms with Gasteiger partial charge in [-0.05, 0) is 55.2 Å². The number of anilines is 1. The first-order valence-electron chi connectivity index (χ1n) is 13.0. The molecule has 4 nitrogen and oxygen atoms in total. The topological polar surface area (TPSA) is 54.0 Å². The van der Waals surface area contributed by atoms with Crippen LogP contribution in [0.25, 0.3) is 10.8 Å². The number of pyridine rings is 1. The minimum atomic E-state index is -4.53. The Morgan fingerprint density at radius 1 is 0.974 bits per heavy atom. The number of nitrogens with one attached hydrogen (secondary N) is 2. The van der Waals surface area contributed by atoms with Crippen molar-refractivity contribution in [3.05, 3.63) is 106 Å². The second-order valence-electron chi connectivity index (χ2n) is 9.87. The molecule has 1 heterocycles. The average Bonchev–Trinajstić information content (AvgIpc) is 3.45. The maximum Gasteiger partial charge on any atom is 0.416 e. The van der Waals surface area contributed by atoms with Crippen LogP contribution in [-0.4, -0.2) is 16.9 Å². The Labute approximate surface area is 225 Å². The first-order chi connectivity index (χ1) is 18.8. The maximum absolute atomic E-state index is 13.8. The van der Waals surface area contributed by atoms with Gasteiger partial charge in [-0.1, -0.05) is 61.1 Å². The fraction of sp³-hybridized carbons (Fsp3) is 0.250. The number of carbonyl (C=O) groups excluding carboxylic acids is 1. The predicted molar refractivity (Wildman–Crippen MR) is 147 cm³/mol. The van der Waals surface area contributed by atoms with E-state index in [0.717, 1.165) is 53.6 Å². The molecule has 0 unspecified atom stereocenters. The van der Waals surface area contributed by atoms with Gasteiger partial charge in [0.05, 0.1) is 11.1 Å². The zero-order valence-electron chi connectivity index (χ0n) is 21.5. The minimum absolute atomic E-state index is 0.0898. The largest absolute Gasteiger partial charge is 0.416 e. The number of nitrogens with zero attached hydrogens (tertiary/aromatic N) is 1. The molecule has 0 spiro atoms. The highest BCUT2D eigenvalue weighted by Crippen LogP contribution is 2.34. The highest BCUT2D eigenvalue weighted by molar-refractivity contribution is 6.04. The second-order valence-corrected chi connectivity index (χ2v) is 9.87. The lowest BCUT2D eigenvalue weighted by Gasteiger charge is -2.18. The molecule has 1 saturated carbocycles. The lowest BCUT2D eigenvalue weighted by atomic mass is 10.0. The van der Waals surface area contributed by atoms with E-state index >= 15 is 0 Å². The predicted octanol–water partition coefficient (Wildman–Crippen LogP) is 7.25. The lowest BCUT2D eigenvalue weighted by Crippen LogP contribution is -2.26. The van der Waals surface area contributed by atoms with E-state index in [4.69, 9.17) is 0 Å². The van der Waals surface area contributed by atoms with Crippen LogP contribution in [0.4, 0.5) is 18.9 Å². The van der Waals surface area contributed by atoms with Crippen LogP contribution >= 0.6 is 0 Å². The maximum atomic E-state index is 13.8. The summed E-state index contributed by atoms with van der Waals surface area (Å²) < 4.78 is 41.5. The number of hydrogen-bond acceptors (Lipinski definition) is 3. The number of aryl methyl sites for hydroxylation is 1. The summed E-state index contributed by atoms with van der Waals surface area (Å²) in [5, 5.41) is 7.82. The summed E-state index contributed by atoms with van der Waals surface area (Å²) in [6.07, 6.45) is 3.11. The van der Waals surface area contributed by atoms with Crippen LogP contribution in [0.3, 0.4) is 0 Å². The van der Waals surface area contributed by atoms with Gasteiger partial charge in [0, 0.05) is 52.6 Å². The van der Waals surface area contributed by atoms with Crippen LogP contribution in [0.2, 0.25) is 0 Å². The van der Waals surface area contributed by atoms with Gasteiger partial charge in [0.15, 0.2) is 0 Å². The van der Waals surface area contributed by atoms with Gasteiger partial charge < -0.3 is 10.6 Å². The number of rotatable bonds is 5. The molecular formula is C32H28F3N3O. The Hall–Kier alpha value is -4.15. The number of benzene rings is 3. The van der Waals surface area contributed by atoms with E-state index in [9.17, 15) is 18.0 Å². The van der Waals surface area contributed by atoms with Gasteiger partial charge in [0.2, 0.25) is 0 Å². The average molecular weight is 528 g/mol. The third-order valence-corrected chi connectivity index (χ3v) is 7.11. The van der Waals surface area contributed by atoms with Crippen LogP contribution < -0.4 is 10.6 Å². The number of alkyl halides is 3. The summed E-state index contributed by atoms with van der Waals surface area (Å²) in [4.78, 5) is 17.3. The second kappa shape index (κ2) is 11.3. The van der Waals surface area contributed by atoms with E-state index in [1.165, 1.54) is 12.1 Å². The van der Waals surface area contributed by atoms with E-state index in [-0.39, 0.29) is 23.8 Å². The van der Waals surface area contributed by atoms with E-state index in [1.54, 1.807) is 30.6 Å². The van der Waals surface area contributed by atoms with Crippen molar-refractivity contribution in [2.24, 2.45) is 0 Å². The summed E-state index contributed by atoms with van der Waals surface area (Å²) in [6, 6.07) is 17.1. The van der Waals surface area contributed by atoms with E-state index in [2.05, 4.69) is 27.5 Å². The molecule has 1 aliphatic carbocycles. The molecule has 0 atom stereocenters. The molecule has 4 aromatic rings. The van der Waals surface area contributed by atoms with E-state index in [1.807, 2.05) is 31.2 Å². The van der Waals surface area contributed by atoms with Crippen molar-refractivity contribution >= 4 is 22.4 Å². The number of carbonyl (C=O) groups is 1. The minimum Gasteiger partial charge on any atom is -0.322 e. The lowest BCUT2D eigenvalue weighted by molar-refractivity contribution is -0.138. The Morgan fingerprint density at radius 3 is 2.54 bits per heavy atom. The van der Waals surface area contributed by atoms with Crippen molar-refractivity contribution in [2.75, 3.05) is 5.32 Å². The molecule has 1 fully saturated rings. The molecule has 1 aromatic heterocycles. The van der Waals surface area contributed by atoms with Crippen LogP contribution in [0.1, 0.15) is 63.9 Å². The van der Waals surface area contributed by atoms with Crippen LogP contribution in [0, 0.1) is 18.8 Å². The number of amides is 1. The number of hydrogen-bond donors (Lipinski definition) is 2. The molecule has 7 heteroatoms. The Bertz CT molecular complexity index is 1570. The third-order valence-electron chi connectivity index (χ3n) is 7.11. The SMILES string of the molecule is Cc1ccc(C(=O)Nc2ccc(CNC3CCCC3)c(C(F)(F)F)c2)cc1C#Cc1cncc2ccccc12. The number of halogens is 3. The fourth-order valence-electron chi connectivity index (χ4n) is 4.91. The third kappa shape index (κ3) is 6.30. The van der Waals surface area contributed by atoms with Crippen LogP contribution in [0.15, 0.2) is 73.1 Å². The van der Waals surface area contributed by atoms with Gasteiger partial charge >= 0.3 is 6.18 Å². The fourth-order valence-corrected chi connectivity index (χ4v) is 4.91. The number of aromatic nitrogens is 1. The quantitative estimate of drug-likeness (QED) is 0.269. The normalized spacial score (nSPS) is 13.7. The molecule has 198 valence electrons. The Morgan fingerprint density at radius 2 is 1.74 bits per heavy atom. The first-order valence-corrected chi connectivity index (χ1v) is 13.0. The summed E-state index contributed by atoms with van der Waals surface area (Å²) in [6.45, 7) is 2.03. The van der Waals surface area contributed by atoms with Crippen molar-refractivity contribution in [3.8, 4) is 11.8 Å². The first kappa shape index (κ1) is 26.5. The smallest absolute Gasteiger partial charge is 0.322 e. The molecule has 0 bridgehead atoms. The van der Waals surface area contributed by atoms with Crippen molar-refractivity contribution < 1.29 is 18.0 Å². The molecule has 0 saturated heterocycles. The molecule has 0 radical (unpaired) electrons. The molecular weight excluding hydrogens is 499 g/mol. The highest BCUT2D eigenvalue weighted by Gasteiger charge is 2.34. The van der Waals surface area contributed by atoms with Gasteiger partial charge in [-0.2, -0.15) is 13.2 Å². The summed E-state index contributed by atoms with van der Waals surface area (Å²) in [7, 11) is 0. The van der Waals surface area contributed by atoms with Crippen molar-refractivity contribution in [1.82, 2.24) is 10.3 Å². The molecule has 3 aromatic carbocycles. The molecule has 2 N–H and O–H groups in total. The molecule has 5 rings (SSSR count). The van der Waals surface area contributed by atoms with Crippen molar-refractivity contribution in [2.45, 2.75) is 51.4 Å². The highest BCUT2D eigenvalue weighted by atomic mass is 19.4. The zero-order valence-corrected chi connectivity index (χ0v) is 21.5. The standard InChI is InChI=1S/C32H28F3N3O/c1-21-10-11-23(16-22(21)12-13-25-19-36-18-24-6-2-5-9-29(24)25)31(39)38-28-15-14-26(30(17-28)32(33,34)35)20-37-27-7-3-4-8-27/h2,5-6,9-11,14-19,27,37H,3-4,7-8,20H2,1H3,(H,38,39). The van der Waals surface area contributed by atoms with Gasteiger partial charge in [-0.15, -0.1) is 0 Å². The van der Waals surface area contributed by atoms with Crippen LogP contribution in [-0.2, 0) is 12.7 Å². The Balaban J connectivity index is 1.36. The van der Waals surface area contributed by atoms with Crippen molar-refractivity contribution in [3.63, 3.8) is 0 Å². The summed E-state index contributed by atoms with van der Waals surface area (Å²) >= 11 is 0. The van der Waals surface area contributed by atoms with Gasteiger partial charge in [0.1, 0.15) is 0 Å².